The Morgan fingerprint density at radius 1 is 1.36 bits per heavy atom. The number of anilines is 2. The van der Waals surface area contributed by atoms with E-state index >= 15 is 0 Å². The van der Waals surface area contributed by atoms with Gasteiger partial charge in [0, 0.05) is 19.2 Å². The summed E-state index contributed by atoms with van der Waals surface area (Å²) >= 11 is 6.10. The van der Waals surface area contributed by atoms with Gasteiger partial charge in [-0.05, 0) is 6.07 Å². The lowest BCUT2D eigenvalue weighted by Crippen LogP contribution is -2.39. The summed E-state index contributed by atoms with van der Waals surface area (Å²) in [5, 5.41) is 3.38. The maximum Gasteiger partial charge on any atom is 0.157 e. The zero-order valence-electron chi connectivity index (χ0n) is 12.1. The van der Waals surface area contributed by atoms with Crippen LogP contribution in [0.1, 0.15) is 11.7 Å². The fourth-order valence-electron chi connectivity index (χ4n) is 2.58. The number of nitrogens with one attached hydrogen (secondary N) is 1. The number of nitrogens with zero attached hydrogens (tertiary/aromatic N) is 3. The third kappa shape index (κ3) is 2.84. The largest absolute Gasteiger partial charge is 0.383 e. The quantitative estimate of drug-likeness (QED) is 0.881. The van der Waals surface area contributed by atoms with Crippen LogP contribution < -0.4 is 10.2 Å². The van der Waals surface area contributed by atoms with Gasteiger partial charge in [0.1, 0.15) is 23.9 Å². The second-order valence-corrected chi connectivity index (χ2v) is 5.30. The molecule has 1 fully saturated rings. The van der Waals surface area contributed by atoms with Crippen molar-refractivity contribution in [2.75, 3.05) is 37.0 Å². The van der Waals surface area contributed by atoms with Gasteiger partial charge in [0.15, 0.2) is 11.0 Å². The van der Waals surface area contributed by atoms with Crippen LogP contribution in [0.3, 0.4) is 0 Å². The Morgan fingerprint density at radius 2 is 2.18 bits per heavy atom. The number of halogens is 2. The molecule has 2 heterocycles. The number of morpholine rings is 1. The summed E-state index contributed by atoms with van der Waals surface area (Å²) in [6, 6.07) is 6.66. The molecular formula is C15H16ClFN4O. The van der Waals surface area contributed by atoms with Crippen molar-refractivity contribution in [3.63, 3.8) is 0 Å². The third-order valence-electron chi connectivity index (χ3n) is 3.65. The van der Waals surface area contributed by atoms with Gasteiger partial charge in [-0.3, -0.25) is 0 Å². The highest BCUT2D eigenvalue weighted by molar-refractivity contribution is 6.32. The first-order valence-corrected chi connectivity index (χ1v) is 7.37. The number of ether oxygens (including phenoxy) is 1. The SMILES string of the molecule is CNc1c(Cl)ncnc1N1CCOC(c2ccccc2F)C1. The molecule has 0 radical (unpaired) electrons. The van der Waals surface area contributed by atoms with E-state index < -0.39 is 0 Å². The minimum Gasteiger partial charge on any atom is -0.383 e. The minimum absolute atomic E-state index is 0.260. The van der Waals surface area contributed by atoms with Crippen molar-refractivity contribution in [1.29, 1.82) is 0 Å². The van der Waals surface area contributed by atoms with Crippen molar-refractivity contribution in [1.82, 2.24) is 9.97 Å². The first-order chi connectivity index (χ1) is 10.7. The van der Waals surface area contributed by atoms with E-state index in [1.54, 1.807) is 25.2 Å². The maximum absolute atomic E-state index is 14.0. The van der Waals surface area contributed by atoms with E-state index in [0.29, 0.717) is 41.9 Å². The van der Waals surface area contributed by atoms with Gasteiger partial charge in [0.25, 0.3) is 0 Å². The number of aromatic nitrogens is 2. The lowest BCUT2D eigenvalue weighted by molar-refractivity contribution is 0.0373. The van der Waals surface area contributed by atoms with Crippen LogP contribution in [0.25, 0.3) is 0 Å². The summed E-state index contributed by atoms with van der Waals surface area (Å²) in [5.74, 6) is 0.441. The van der Waals surface area contributed by atoms with Crippen LogP contribution in [0, 0.1) is 5.82 Å². The van der Waals surface area contributed by atoms with E-state index in [1.165, 1.54) is 12.4 Å². The number of benzene rings is 1. The Bertz CT molecular complexity index is 670. The molecule has 1 N–H and O–H groups in total. The normalized spacial score (nSPS) is 18.3. The van der Waals surface area contributed by atoms with E-state index in [0.717, 1.165) is 0 Å². The topological polar surface area (TPSA) is 50.3 Å². The van der Waals surface area contributed by atoms with Crippen molar-refractivity contribution in [3.05, 3.63) is 47.1 Å². The molecule has 7 heteroatoms. The lowest BCUT2D eigenvalue weighted by atomic mass is 10.1. The molecule has 22 heavy (non-hydrogen) atoms. The minimum atomic E-state index is -0.339. The highest BCUT2D eigenvalue weighted by Crippen LogP contribution is 2.32. The molecule has 1 saturated heterocycles. The molecule has 1 unspecified atom stereocenters. The van der Waals surface area contributed by atoms with E-state index in [4.69, 9.17) is 16.3 Å². The summed E-state index contributed by atoms with van der Waals surface area (Å²) in [7, 11) is 1.77. The number of hydrogen-bond acceptors (Lipinski definition) is 5. The van der Waals surface area contributed by atoms with Crippen LogP contribution >= 0.6 is 11.6 Å². The van der Waals surface area contributed by atoms with E-state index in [-0.39, 0.29) is 11.9 Å². The Balaban J connectivity index is 1.88. The smallest absolute Gasteiger partial charge is 0.157 e. The van der Waals surface area contributed by atoms with Crippen LogP contribution in [0.2, 0.25) is 5.15 Å². The highest BCUT2D eigenvalue weighted by atomic mass is 35.5. The predicted octanol–water partition coefficient (Wildman–Crippen LogP) is 2.89. The molecule has 5 nitrogen and oxygen atoms in total. The van der Waals surface area contributed by atoms with E-state index in [1.807, 2.05) is 4.90 Å². The molecular weight excluding hydrogens is 307 g/mol. The van der Waals surface area contributed by atoms with Gasteiger partial charge in [-0.15, -0.1) is 0 Å². The molecule has 1 atom stereocenters. The lowest BCUT2D eigenvalue weighted by Gasteiger charge is -2.34. The van der Waals surface area contributed by atoms with Gasteiger partial charge in [-0.25, -0.2) is 14.4 Å². The Kier molecular flexibility index (Phi) is 4.40. The predicted molar refractivity (Wildman–Crippen MR) is 83.9 cm³/mol. The van der Waals surface area contributed by atoms with Crippen LogP contribution in [0.5, 0.6) is 0 Å². The molecule has 1 aliphatic rings. The molecule has 1 aromatic carbocycles. The van der Waals surface area contributed by atoms with Crippen molar-refractivity contribution in [2.24, 2.45) is 0 Å². The third-order valence-corrected chi connectivity index (χ3v) is 3.94. The molecule has 1 aliphatic heterocycles. The van der Waals surface area contributed by atoms with E-state index in [2.05, 4.69) is 15.3 Å². The second kappa shape index (κ2) is 6.46. The molecule has 0 bridgehead atoms. The molecule has 3 rings (SSSR count). The van der Waals surface area contributed by atoms with Crippen molar-refractivity contribution >= 4 is 23.1 Å². The molecule has 0 saturated carbocycles. The highest BCUT2D eigenvalue weighted by Gasteiger charge is 2.27. The monoisotopic (exact) mass is 322 g/mol. The molecule has 1 aromatic heterocycles. The van der Waals surface area contributed by atoms with Gasteiger partial charge in [-0.1, -0.05) is 29.8 Å². The molecule has 0 aliphatic carbocycles. The van der Waals surface area contributed by atoms with Crippen LogP contribution in [-0.2, 0) is 4.74 Å². The Labute approximate surface area is 133 Å². The van der Waals surface area contributed by atoms with Crippen LogP contribution in [0.15, 0.2) is 30.6 Å². The van der Waals surface area contributed by atoms with Gasteiger partial charge in [0.05, 0.1) is 13.2 Å². The average molecular weight is 323 g/mol. The molecule has 0 spiro atoms. The molecule has 116 valence electrons. The second-order valence-electron chi connectivity index (χ2n) is 4.94. The fraction of sp³-hybridized carbons (Fsp3) is 0.333. The van der Waals surface area contributed by atoms with Crippen LogP contribution in [-0.4, -0.2) is 36.7 Å². The van der Waals surface area contributed by atoms with Gasteiger partial charge in [0.2, 0.25) is 0 Å². The summed E-state index contributed by atoms with van der Waals surface area (Å²) in [6.45, 7) is 1.65. The van der Waals surface area contributed by atoms with Gasteiger partial charge < -0.3 is 15.0 Å². The zero-order valence-corrected chi connectivity index (χ0v) is 12.8. The van der Waals surface area contributed by atoms with Crippen molar-refractivity contribution in [3.8, 4) is 0 Å². The number of rotatable bonds is 3. The fourth-order valence-corrected chi connectivity index (χ4v) is 2.80. The van der Waals surface area contributed by atoms with E-state index in [9.17, 15) is 4.39 Å². The van der Waals surface area contributed by atoms with Crippen molar-refractivity contribution < 1.29 is 9.13 Å². The number of hydrogen-bond donors (Lipinski definition) is 1. The first kappa shape index (κ1) is 15.0. The van der Waals surface area contributed by atoms with Crippen LogP contribution in [0.4, 0.5) is 15.9 Å². The first-order valence-electron chi connectivity index (χ1n) is 7.00. The van der Waals surface area contributed by atoms with Gasteiger partial charge in [-0.2, -0.15) is 0 Å². The van der Waals surface area contributed by atoms with Crippen molar-refractivity contribution in [2.45, 2.75) is 6.10 Å². The maximum atomic E-state index is 14.0. The Hall–Kier alpha value is -1.92. The average Bonchev–Trinajstić information content (AvgIpc) is 2.55. The molecule has 0 amide bonds. The Morgan fingerprint density at radius 3 is 2.95 bits per heavy atom. The summed E-state index contributed by atoms with van der Waals surface area (Å²) in [6.07, 6.45) is 1.08. The van der Waals surface area contributed by atoms with Gasteiger partial charge >= 0.3 is 0 Å². The zero-order chi connectivity index (χ0) is 15.5. The summed E-state index contributed by atoms with van der Waals surface area (Å²) < 4.78 is 19.7. The molecule has 2 aromatic rings. The summed E-state index contributed by atoms with van der Waals surface area (Å²) in [5.41, 5.74) is 1.22. The summed E-state index contributed by atoms with van der Waals surface area (Å²) in [4.78, 5) is 10.3. The standard InChI is InChI=1S/C15H16ClFN4O/c1-18-13-14(16)19-9-20-15(13)21-6-7-22-12(8-21)10-4-2-3-5-11(10)17/h2-5,9,12,18H,6-8H2,1H3.